The molecule has 1 N–H and O–H groups in total. The molecule has 0 unspecified atom stereocenters. The maximum absolute atomic E-state index is 11.2. The number of carbonyl (C=O) groups is 1. The van der Waals surface area contributed by atoms with Crippen LogP contribution in [0.25, 0.3) is 22.3 Å². The van der Waals surface area contributed by atoms with E-state index in [1.165, 1.54) is 5.56 Å². The minimum atomic E-state index is -0.829. The molecular formula is C15H13N3O2. The van der Waals surface area contributed by atoms with Gasteiger partial charge >= 0.3 is 5.97 Å². The van der Waals surface area contributed by atoms with Crippen molar-refractivity contribution in [3.63, 3.8) is 0 Å². The van der Waals surface area contributed by atoms with Crippen molar-refractivity contribution in [2.24, 2.45) is 0 Å². The Morgan fingerprint density at radius 3 is 3.00 bits per heavy atom. The summed E-state index contributed by atoms with van der Waals surface area (Å²) in [5.41, 5.74) is 4.21. The molecule has 5 nitrogen and oxygen atoms in total. The number of aliphatic carboxylic acids is 1. The van der Waals surface area contributed by atoms with Crippen molar-refractivity contribution >= 4 is 16.9 Å². The fourth-order valence-electron chi connectivity index (χ4n) is 3.15. The zero-order chi connectivity index (χ0) is 13.7. The second-order valence-corrected chi connectivity index (χ2v) is 5.01. The minimum Gasteiger partial charge on any atom is -0.480 e. The quantitative estimate of drug-likeness (QED) is 0.774. The summed E-state index contributed by atoms with van der Waals surface area (Å²) in [7, 11) is 0. The Labute approximate surface area is 115 Å². The monoisotopic (exact) mass is 267 g/mol. The molecule has 0 radical (unpaired) electrons. The van der Waals surface area contributed by atoms with Crippen LogP contribution in [0.15, 0.2) is 36.5 Å². The van der Waals surface area contributed by atoms with Crippen molar-refractivity contribution in [2.75, 3.05) is 0 Å². The fourth-order valence-corrected chi connectivity index (χ4v) is 3.15. The number of para-hydroxylation sites is 1. The second-order valence-electron chi connectivity index (χ2n) is 5.01. The van der Waals surface area contributed by atoms with E-state index in [4.69, 9.17) is 0 Å². The molecule has 1 aliphatic heterocycles. The minimum absolute atomic E-state index is 0.0268. The Kier molecular flexibility index (Phi) is 2.24. The van der Waals surface area contributed by atoms with Crippen LogP contribution in [0.3, 0.4) is 0 Å². The highest BCUT2D eigenvalue weighted by Crippen LogP contribution is 2.37. The van der Waals surface area contributed by atoms with E-state index >= 15 is 0 Å². The Morgan fingerprint density at radius 1 is 1.30 bits per heavy atom. The largest absolute Gasteiger partial charge is 0.480 e. The lowest BCUT2D eigenvalue weighted by molar-refractivity contribution is -0.137. The molecule has 0 aliphatic carbocycles. The van der Waals surface area contributed by atoms with Crippen LogP contribution in [0.5, 0.6) is 0 Å². The van der Waals surface area contributed by atoms with Gasteiger partial charge in [0.1, 0.15) is 6.54 Å². The number of hydrogen-bond acceptors (Lipinski definition) is 2. The van der Waals surface area contributed by atoms with Crippen LogP contribution < -0.4 is 0 Å². The van der Waals surface area contributed by atoms with Crippen molar-refractivity contribution in [3.05, 3.63) is 42.1 Å². The highest BCUT2D eigenvalue weighted by molar-refractivity contribution is 5.92. The average molecular weight is 267 g/mol. The van der Waals surface area contributed by atoms with Gasteiger partial charge in [0.05, 0.1) is 11.4 Å². The third kappa shape index (κ3) is 1.43. The van der Waals surface area contributed by atoms with E-state index in [2.05, 4.69) is 11.2 Å². The first kappa shape index (κ1) is 11.3. The number of carboxylic acid groups (broad SMARTS) is 1. The number of nitrogens with zero attached hydrogens (tertiary/aromatic N) is 3. The van der Waals surface area contributed by atoms with Gasteiger partial charge in [-0.1, -0.05) is 18.2 Å². The smallest absolute Gasteiger partial charge is 0.323 e. The molecule has 1 aliphatic rings. The van der Waals surface area contributed by atoms with E-state index in [9.17, 15) is 9.90 Å². The van der Waals surface area contributed by atoms with Crippen LogP contribution in [0.1, 0.15) is 5.56 Å². The average Bonchev–Trinajstić information content (AvgIpc) is 3.02. The van der Waals surface area contributed by atoms with Gasteiger partial charge in [-0.2, -0.15) is 5.10 Å². The standard InChI is InChI=1S/C15H13N3O2/c19-14(20)9-17-12-4-2-1-3-10(12)11-6-8-18-13(15(11)17)5-7-16-18/h1-5,7H,6,8-9H2,(H,19,20). The zero-order valence-electron chi connectivity index (χ0n) is 10.8. The Bertz CT molecular complexity index is 829. The van der Waals surface area contributed by atoms with E-state index in [0.29, 0.717) is 0 Å². The van der Waals surface area contributed by atoms with E-state index in [1.807, 2.05) is 33.5 Å². The maximum Gasteiger partial charge on any atom is 0.323 e. The molecule has 1 aromatic carbocycles. The number of rotatable bonds is 2. The van der Waals surface area contributed by atoms with Crippen molar-refractivity contribution < 1.29 is 9.90 Å². The summed E-state index contributed by atoms with van der Waals surface area (Å²) in [4.78, 5) is 11.2. The molecule has 20 heavy (non-hydrogen) atoms. The summed E-state index contributed by atoms with van der Waals surface area (Å²) in [5.74, 6) is -0.829. The van der Waals surface area contributed by atoms with Gasteiger partial charge < -0.3 is 9.67 Å². The highest BCUT2D eigenvalue weighted by atomic mass is 16.4. The molecule has 0 saturated heterocycles. The van der Waals surface area contributed by atoms with Crippen molar-refractivity contribution in [3.8, 4) is 11.4 Å². The van der Waals surface area contributed by atoms with Gasteiger partial charge in [0, 0.05) is 23.6 Å². The normalized spacial score (nSPS) is 13.2. The van der Waals surface area contributed by atoms with Gasteiger partial charge in [0.2, 0.25) is 0 Å². The molecule has 0 spiro atoms. The number of hydrogen-bond donors (Lipinski definition) is 1. The van der Waals surface area contributed by atoms with E-state index in [0.717, 1.165) is 35.3 Å². The molecule has 3 aromatic rings. The topological polar surface area (TPSA) is 60.0 Å². The molecule has 0 atom stereocenters. The first-order valence-corrected chi connectivity index (χ1v) is 6.60. The van der Waals surface area contributed by atoms with Crippen LogP contribution in [0, 0.1) is 0 Å². The molecule has 4 rings (SSSR count). The predicted octanol–water partition coefficient (Wildman–Crippen LogP) is 2.15. The molecule has 100 valence electrons. The van der Waals surface area contributed by atoms with Crippen LogP contribution in [-0.4, -0.2) is 25.4 Å². The summed E-state index contributed by atoms with van der Waals surface area (Å²) < 4.78 is 3.83. The third-order valence-corrected chi connectivity index (χ3v) is 3.90. The maximum atomic E-state index is 11.2. The number of carboxylic acids is 1. The van der Waals surface area contributed by atoms with Crippen LogP contribution in [-0.2, 0) is 24.3 Å². The molecule has 0 fully saturated rings. The molecule has 2 aromatic heterocycles. The number of benzene rings is 1. The summed E-state index contributed by atoms with van der Waals surface area (Å²) in [5, 5.41) is 14.7. The van der Waals surface area contributed by atoms with Crippen molar-refractivity contribution in [2.45, 2.75) is 19.5 Å². The Hall–Kier alpha value is -2.56. The fraction of sp³-hybridized carbons (Fsp3) is 0.200. The number of fused-ring (bicyclic) bond motifs is 5. The van der Waals surface area contributed by atoms with E-state index in [-0.39, 0.29) is 6.54 Å². The highest BCUT2D eigenvalue weighted by Gasteiger charge is 2.25. The third-order valence-electron chi connectivity index (χ3n) is 3.90. The van der Waals surface area contributed by atoms with Gasteiger partial charge in [-0.25, -0.2) is 0 Å². The summed E-state index contributed by atoms with van der Waals surface area (Å²) in [6.45, 7) is 0.817. The lowest BCUT2D eigenvalue weighted by atomic mass is 10.0. The van der Waals surface area contributed by atoms with E-state index in [1.54, 1.807) is 6.20 Å². The summed E-state index contributed by atoms with van der Waals surface area (Å²) >= 11 is 0. The number of aromatic nitrogens is 3. The SMILES string of the molecule is O=C(O)Cn1c2c(c3ccccc31)CCn1nccc1-2. The first-order valence-electron chi connectivity index (χ1n) is 6.60. The Morgan fingerprint density at radius 2 is 2.15 bits per heavy atom. The zero-order valence-corrected chi connectivity index (χ0v) is 10.8. The predicted molar refractivity (Wildman–Crippen MR) is 74.5 cm³/mol. The lowest BCUT2D eigenvalue weighted by Gasteiger charge is -2.17. The van der Waals surface area contributed by atoms with Gasteiger partial charge in [-0.15, -0.1) is 0 Å². The molecule has 3 heterocycles. The molecular weight excluding hydrogens is 254 g/mol. The van der Waals surface area contributed by atoms with Crippen LogP contribution in [0.4, 0.5) is 0 Å². The molecule has 0 bridgehead atoms. The molecule has 0 amide bonds. The lowest BCUT2D eigenvalue weighted by Crippen LogP contribution is -2.16. The summed E-state index contributed by atoms with van der Waals surface area (Å²) in [6.07, 6.45) is 2.66. The Balaban J connectivity index is 2.10. The van der Waals surface area contributed by atoms with Crippen molar-refractivity contribution in [1.29, 1.82) is 0 Å². The second kappa shape index (κ2) is 3.96. The van der Waals surface area contributed by atoms with Crippen molar-refractivity contribution in [1.82, 2.24) is 14.3 Å². The number of aryl methyl sites for hydroxylation is 2. The van der Waals surface area contributed by atoms with Crippen LogP contribution in [0.2, 0.25) is 0 Å². The van der Waals surface area contributed by atoms with Crippen LogP contribution >= 0.6 is 0 Å². The van der Waals surface area contributed by atoms with Gasteiger partial charge in [0.15, 0.2) is 0 Å². The van der Waals surface area contributed by atoms with Gasteiger partial charge in [-0.3, -0.25) is 9.48 Å². The van der Waals surface area contributed by atoms with Gasteiger partial charge in [0.25, 0.3) is 0 Å². The summed E-state index contributed by atoms with van der Waals surface area (Å²) in [6, 6.07) is 9.95. The first-order chi connectivity index (χ1) is 9.75. The van der Waals surface area contributed by atoms with Gasteiger partial charge in [-0.05, 0) is 24.1 Å². The molecule has 5 heteroatoms. The van der Waals surface area contributed by atoms with E-state index < -0.39 is 5.97 Å². The molecule has 0 saturated carbocycles.